The summed E-state index contributed by atoms with van der Waals surface area (Å²) in [5.41, 5.74) is 0.919. The van der Waals surface area contributed by atoms with Crippen molar-refractivity contribution in [2.75, 3.05) is 0 Å². The van der Waals surface area contributed by atoms with Gasteiger partial charge in [-0.05, 0) is 47.4 Å². The van der Waals surface area contributed by atoms with Gasteiger partial charge in [0.15, 0.2) is 5.78 Å². The molecule has 16 heavy (non-hydrogen) atoms. The van der Waals surface area contributed by atoms with Gasteiger partial charge in [0.25, 0.3) is 0 Å². The molecule has 1 aliphatic rings. The Morgan fingerprint density at radius 3 is 2.44 bits per heavy atom. The first-order valence-corrected chi connectivity index (χ1v) is 7.05. The van der Waals surface area contributed by atoms with Gasteiger partial charge in [0.05, 0.1) is 0 Å². The van der Waals surface area contributed by atoms with Crippen LogP contribution in [0.15, 0.2) is 24.3 Å². The molecule has 0 heterocycles. The van der Waals surface area contributed by atoms with Crippen LogP contribution in [0.3, 0.4) is 0 Å². The van der Waals surface area contributed by atoms with E-state index in [4.69, 9.17) is 0 Å². The lowest BCUT2D eigenvalue weighted by Gasteiger charge is -2.25. The number of carbonyl (C=O) groups excluding carboxylic acids is 1. The van der Waals surface area contributed by atoms with Crippen molar-refractivity contribution < 1.29 is 4.79 Å². The summed E-state index contributed by atoms with van der Waals surface area (Å²) in [7, 11) is 0. The Balaban J connectivity index is 2.11. The maximum Gasteiger partial charge on any atom is 0.167 e. The summed E-state index contributed by atoms with van der Waals surface area (Å²) in [6.45, 7) is 2.28. The first kappa shape index (κ1) is 12.1. The molecule has 0 radical (unpaired) electrons. The van der Waals surface area contributed by atoms with Crippen molar-refractivity contribution in [2.45, 2.75) is 32.6 Å². The third-order valence-electron chi connectivity index (χ3n) is 3.53. The van der Waals surface area contributed by atoms with Gasteiger partial charge in [-0.1, -0.05) is 38.0 Å². The van der Waals surface area contributed by atoms with Crippen LogP contribution in [0.5, 0.6) is 0 Å². The molecular formula is C14H17IO. The molecule has 0 N–H and O–H groups in total. The van der Waals surface area contributed by atoms with Crippen molar-refractivity contribution in [1.29, 1.82) is 0 Å². The molecule has 1 aliphatic carbocycles. The molecule has 0 aromatic heterocycles. The number of hydrogen-bond acceptors (Lipinski definition) is 1. The van der Waals surface area contributed by atoms with E-state index in [0.717, 1.165) is 27.9 Å². The monoisotopic (exact) mass is 328 g/mol. The quantitative estimate of drug-likeness (QED) is 0.584. The van der Waals surface area contributed by atoms with Crippen LogP contribution in [0.4, 0.5) is 0 Å². The normalized spacial score (nSPS) is 25.4. The van der Waals surface area contributed by atoms with Crippen LogP contribution in [0, 0.1) is 15.4 Å². The number of halogens is 1. The average Bonchev–Trinajstić information content (AvgIpc) is 2.30. The van der Waals surface area contributed by atoms with E-state index in [1.807, 2.05) is 24.3 Å². The molecule has 1 nitrogen and oxygen atoms in total. The zero-order valence-corrected chi connectivity index (χ0v) is 11.7. The van der Waals surface area contributed by atoms with Crippen LogP contribution in [0.1, 0.15) is 43.0 Å². The molecule has 1 saturated carbocycles. The molecule has 1 fully saturated rings. The Bertz CT molecular complexity index is 378. The maximum atomic E-state index is 12.3. The van der Waals surface area contributed by atoms with Gasteiger partial charge in [0.1, 0.15) is 0 Å². The minimum Gasteiger partial charge on any atom is -0.294 e. The van der Waals surface area contributed by atoms with Crippen molar-refractivity contribution in [1.82, 2.24) is 0 Å². The highest BCUT2D eigenvalue weighted by Crippen LogP contribution is 2.31. The molecule has 0 bridgehead atoms. The third-order valence-corrected chi connectivity index (χ3v) is 4.47. The Labute approximate surface area is 111 Å². The fraction of sp³-hybridized carbons (Fsp3) is 0.500. The van der Waals surface area contributed by atoms with Gasteiger partial charge in [-0.3, -0.25) is 4.79 Å². The van der Waals surface area contributed by atoms with Crippen molar-refractivity contribution in [3.8, 4) is 0 Å². The number of Topliss-reactive ketones (excluding diaryl/α,β-unsaturated/α-hetero) is 1. The summed E-state index contributed by atoms with van der Waals surface area (Å²) in [5, 5.41) is 0. The summed E-state index contributed by atoms with van der Waals surface area (Å²) in [6, 6.07) is 7.92. The highest BCUT2D eigenvalue weighted by Gasteiger charge is 2.25. The van der Waals surface area contributed by atoms with E-state index in [2.05, 4.69) is 29.5 Å². The Hall–Kier alpha value is -0.380. The highest BCUT2D eigenvalue weighted by molar-refractivity contribution is 14.1. The fourth-order valence-corrected chi connectivity index (χ4v) is 3.06. The van der Waals surface area contributed by atoms with Crippen molar-refractivity contribution >= 4 is 28.4 Å². The van der Waals surface area contributed by atoms with Crippen molar-refractivity contribution in [3.05, 3.63) is 33.4 Å². The molecule has 0 saturated heterocycles. The fourth-order valence-electron chi connectivity index (χ4n) is 2.40. The molecule has 2 rings (SSSR count). The SMILES string of the molecule is CC1CCC(C(=O)c2ccccc2I)CC1. The van der Waals surface area contributed by atoms with Crippen LogP contribution in [0.25, 0.3) is 0 Å². The zero-order chi connectivity index (χ0) is 11.5. The summed E-state index contributed by atoms with van der Waals surface area (Å²) in [4.78, 5) is 12.3. The van der Waals surface area contributed by atoms with E-state index >= 15 is 0 Å². The van der Waals surface area contributed by atoms with Gasteiger partial charge >= 0.3 is 0 Å². The van der Waals surface area contributed by atoms with Gasteiger partial charge < -0.3 is 0 Å². The molecule has 0 unspecified atom stereocenters. The average molecular weight is 328 g/mol. The van der Waals surface area contributed by atoms with Gasteiger partial charge in [-0.2, -0.15) is 0 Å². The summed E-state index contributed by atoms with van der Waals surface area (Å²) in [6.07, 6.45) is 4.57. The molecule has 0 atom stereocenters. The predicted molar refractivity (Wildman–Crippen MR) is 74.6 cm³/mol. The highest BCUT2D eigenvalue weighted by atomic mass is 127. The summed E-state index contributed by atoms with van der Waals surface area (Å²) in [5.74, 6) is 1.43. The molecular weight excluding hydrogens is 311 g/mol. The second-order valence-electron chi connectivity index (χ2n) is 4.80. The molecule has 0 amide bonds. The molecule has 0 aliphatic heterocycles. The number of carbonyl (C=O) groups is 1. The largest absolute Gasteiger partial charge is 0.294 e. The van der Waals surface area contributed by atoms with E-state index in [1.165, 1.54) is 12.8 Å². The third kappa shape index (κ3) is 2.65. The van der Waals surface area contributed by atoms with Crippen LogP contribution in [-0.2, 0) is 0 Å². The number of benzene rings is 1. The minimum atomic E-state index is 0.270. The van der Waals surface area contributed by atoms with Crippen LogP contribution < -0.4 is 0 Å². The standard InChI is InChI=1S/C14H17IO/c1-10-6-8-11(9-7-10)14(16)12-4-2-3-5-13(12)15/h2-5,10-11H,6-9H2,1H3. The van der Waals surface area contributed by atoms with Gasteiger partial charge in [-0.25, -0.2) is 0 Å². The first-order valence-electron chi connectivity index (χ1n) is 5.97. The maximum absolute atomic E-state index is 12.3. The predicted octanol–water partition coefficient (Wildman–Crippen LogP) is 4.30. The number of hydrogen-bond donors (Lipinski definition) is 0. The van der Waals surface area contributed by atoms with E-state index < -0.39 is 0 Å². The van der Waals surface area contributed by atoms with E-state index in [1.54, 1.807) is 0 Å². The molecule has 2 heteroatoms. The van der Waals surface area contributed by atoms with Crippen LogP contribution in [-0.4, -0.2) is 5.78 Å². The Morgan fingerprint density at radius 1 is 1.19 bits per heavy atom. The molecule has 1 aromatic carbocycles. The molecule has 1 aromatic rings. The van der Waals surface area contributed by atoms with Crippen LogP contribution in [0.2, 0.25) is 0 Å². The van der Waals surface area contributed by atoms with Crippen LogP contribution >= 0.6 is 22.6 Å². The van der Waals surface area contributed by atoms with Gasteiger partial charge in [0.2, 0.25) is 0 Å². The molecule has 86 valence electrons. The first-order chi connectivity index (χ1) is 7.68. The zero-order valence-electron chi connectivity index (χ0n) is 9.58. The second-order valence-corrected chi connectivity index (χ2v) is 5.96. The summed E-state index contributed by atoms with van der Waals surface area (Å²) < 4.78 is 1.09. The Kier molecular flexibility index (Phi) is 4.00. The van der Waals surface area contributed by atoms with Gasteiger partial charge in [0, 0.05) is 15.1 Å². The lowest BCUT2D eigenvalue weighted by atomic mass is 9.79. The second kappa shape index (κ2) is 5.30. The number of ketones is 1. The van der Waals surface area contributed by atoms with E-state index in [0.29, 0.717) is 5.78 Å². The summed E-state index contributed by atoms with van der Waals surface area (Å²) >= 11 is 2.25. The lowest BCUT2D eigenvalue weighted by molar-refractivity contribution is 0.0875. The van der Waals surface area contributed by atoms with Gasteiger partial charge in [-0.15, -0.1) is 0 Å². The smallest absolute Gasteiger partial charge is 0.167 e. The molecule has 0 spiro atoms. The van der Waals surface area contributed by atoms with Crippen molar-refractivity contribution in [3.63, 3.8) is 0 Å². The topological polar surface area (TPSA) is 17.1 Å². The van der Waals surface area contributed by atoms with E-state index in [-0.39, 0.29) is 5.92 Å². The lowest BCUT2D eigenvalue weighted by Crippen LogP contribution is -2.21. The Morgan fingerprint density at radius 2 is 1.81 bits per heavy atom. The minimum absolute atomic E-state index is 0.270. The van der Waals surface area contributed by atoms with Crippen molar-refractivity contribution in [2.24, 2.45) is 11.8 Å². The van der Waals surface area contributed by atoms with E-state index in [9.17, 15) is 4.79 Å². The number of rotatable bonds is 2.